The molecule has 19 heavy (non-hydrogen) atoms. The summed E-state index contributed by atoms with van der Waals surface area (Å²) in [5.41, 5.74) is 0. The average molecular weight is 285 g/mol. The van der Waals surface area contributed by atoms with Gasteiger partial charge in [0.15, 0.2) is 0 Å². The molecule has 5 heteroatoms. The molecule has 0 N–H and O–H groups in total. The lowest BCUT2D eigenvalue weighted by molar-refractivity contribution is -0.138. The van der Waals surface area contributed by atoms with E-state index in [1.165, 1.54) is 6.26 Å². The second-order valence-corrected chi connectivity index (χ2v) is 8.08. The van der Waals surface area contributed by atoms with Crippen molar-refractivity contribution >= 4 is 15.7 Å². The summed E-state index contributed by atoms with van der Waals surface area (Å²) in [5.74, 6) is 0.272. The van der Waals surface area contributed by atoms with E-state index >= 15 is 0 Å². The molecule has 2 aliphatic carbocycles. The molecule has 2 aliphatic rings. The predicted molar refractivity (Wildman–Crippen MR) is 75.5 cm³/mol. The molecule has 0 aromatic rings. The Morgan fingerprint density at radius 3 is 2.47 bits per heavy atom. The van der Waals surface area contributed by atoms with Crippen LogP contribution in [-0.2, 0) is 14.6 Å². The molecule has 2 rings (SSSR count). The smallest absolute Gasteiger partial charge is 0.226 e. The van der Waals surface area contributed by atoms with Crippen molar-refractivity contribution < 1.29 is 13.2 Å². The van der Waals surface area contributed by atoms with Gasteiger partial charge in [-0.3, -0.25) is 4.79 Å². The van der Waals surface area contributed by atoms with Crippen molar-refractivity contribution in [1.82, 2.24) is 4.90 Å². The van der Waals surface area contributed by atoms with E-state index < -0.39 is 9.84 Å². The molecule has 108 valence electrons. The van der Waals surface area contributed by atoms with Crippen molar-refractivity contribution in [2.45, 2.75) is 51.1 Å². The highest BCUT2D eigenvalue weighted by atomic mass is 32.2. The van der Waals surface area contributed by atoms with E-state index in [4.69, 9.17) is 0 Å². The standard InChI is InChI=1S/C14H23NO3S/c1-11(10-19(2,17)18)15(13-8-9-13)14(16)12-6-4-3-5-7-12/h3-4,11-13H,5-10H2,1-2H3/t11-,12+/m1/s1. The Kier molecular flexibility index (Phi) is 4.33. The lowest BCUT2D eigenvalue weighted by Crippen LogP contribution is -2.46. The Morgan fingerprint density at radius 1 is 1.32 bits per heavy atom. The molecule has 0 unspecified atom stereocenters. The maximum absolute atomic E-state index is 12.6. The minimum absolute atomic E-state index is 0.0487. The van der Waals surface area contributed by atoms with Crippen molar-refractivity contribution in [1.29, 1.82) is 0 Å². The summed E-state index contributed by atoms with van der Waals surface area (Å²) in [7, 11) is -3.05. The van der Waals surface area contributed by atoms with Crippen LogP contribution in [0.15, 0.2) is 12.2 Å². The van der Waals surface area contributed by atoms with Gasteiger partial charge in [-0.15, -0.1) is 0 Å². The Bertz CT molecular complexity index is 465. The zero-order valence-electron chi connectivity index (χ0n) is 11.7. The molecule has 0 aliphatic heterocycles. The topological polar surface area (TPSA) is 54.5 Å². The number of nitrogens with zero attached hydrogens (tertiary/aromatic N) is 1. The first-order chi connectivity index (χ1) is 8.88. The van der Waals surface area contributed by atoms with Crippen LogP contribution in [0.2, 0.25) is 0 Å². The zero-order chi connectivity index (χ0) is 14.0. The molecule has 0 saturated heterocycles. The zero-order valence-corrected chi connectivity index (χ0v) is 12.5. The lowest BCUT2D eigenvalue weighted by atomic mass is 9.92. The number of amides is 1. The van der Waals surface area contributed by atoms with E-state index in [1.54, 1.807) is 0 Å². The Morgan fingerprint density at radius 2 is 2.00 bits per heavy atom. The van der Waals surface area contributed by atoms with Gasteiger partial charge in [0, 0.05) is 24.3 Å². The predicted octanol–water partition coefficient (Wildman–Crippen LogP) is 1.77. The summed E-state index contributed by atoms with van der Waals surface area (Å²) in [5, 5.41) is 0. The van der Waals surface area contributed by atoms with Crippen LogP contribution < -0.4 is 0 Å². The monoisotopic (exact) mass is 285 g/mol. The summed E-state index contributed by atoms with van der Waals surface area (Å²) >= 11 is 0. The summed E-state index contributed by atoms with van der Waals surface area (Å²) in [6, 6.07) is 0.0658. The highest BCUT2D eigenvalue weighted by Crippen LogP contribution is 2.32. The molecule has 1 fully saturated rings. The molecule has 0 aromatic heterocycles. The van der Waals surface area contributed by atoms with E-state index in [-0.39, 0.29) is 29.7 Å². The van der Waals surface area contributed by atoms with Crippen molar-refractivity contribution in [3.8, 4) is 0 Å². The summed E-state index contributed by atoms with van der Waals surface area (Å²) < 4.78 is 22.9. The second kappa shape index (κ2) is 5.65. The van der Waals surface area contributed by atoms with Gasteiger partial charge in [-0.25, -0.2) is 8.42 Å². The van der Waals surface area contributed by atoms with Crippen molar-refractivity contribution in [3.05, 3.63) is 12.2 Å². The number of hydrogen-bond acceptors (Lipinski definition) is 3. The van der Waals surface area contributed by atoms with Crippen molar-refractivity contribution in [2.75, 3.05) is 12.0 Å². The van der Waals surface area contributed by atoms with Crippen LogP contribution in [0.25, 0.3) is 0 Å². The van der Waals surface area contributed by atoms with Crippen LogP contribution in [0.4, 0.5) is 0 Å². The van der Waals surface area contributed by atoms with E-state index in [2.05, 4.69) is 12.2 Å². The molecule has 0 heterocycles. The van der Waals surface area contributed by atoms with Gasteiger partial charge >= 0.3 is 0 Å². The van der Waals surface area contributed by atoms with Gasteiger partial charge in [0.2, 0.25) is 5.91 Å². The van der Waals surface area contributed by atoms with Crippen molar-refractivity contribution in [3.63, 3.8) is 0 Å². The quantitative estimate of drug-likeness (QED) is 0.723. The van der Waals surface area contributed by atoms with Gasteiger partial charge in [-0.2, -0.15) is 0 Å². The van der Waals surface area contributed by atoms with Crippen LogP contribution >= 0.6 is 0 Å². The first kappa shape index (κ1) is 14.6. The minimum Gasteiger partial charge on any atom is -0.336 e. The summed E-state index contributed by atoms with van der Waals surface area (Å²) in [4.78, 5) is 14.5. The number of allylic oxidation sites excluding steroid dienone is 2. The molecule has 0 bridgehead atoms. The van der Waals surface area contributed by atoms with E-state index in [0.717, 1.165) is 32.1 Å². The molecule has 0 aromatic carbocycles. The summed E-state index contributed by atoms with van der Waals surface area (Å²) in [6.45, 7) is 1.86. The molecule has 1 saturated carbocycles. The average Bonchev–Trinajstić information content (AvgIpc) is 3.12. The Hall–Kier alpha value is -0.840. The van der Waals surface area contributed by atoms with E-state index in [0.29, 0.717) is 0 Å². The molecular weight excluding hydrogens is 262 g/mol. The van der Waals surface area contributed by atoms with Crippen LogP contribution in [0.3, 0.4) is 0 Å². The van der Waals surface area contributed by atoms with Gasteiger partial charge in [-0.05, 0) is 39.0 Å². The van der Waals surface area contributed by atoms with Gasteiger partial charge in [0.25, 0.3) is 0 Å². The molecule has 0 radical (unpaired) electrons. The molecule has 2 atom stereocenters. The maximum atomic E-state index is 12.6. The van der Waals surface area contributed by atoms with Crippen LogP contribution in [0, 0.1) is 5.92 Å². The number of carbonyl (C=O) groups is 1. The normalized spacial score (nSPS) is 25.1. The van der Waals surface area contributed by atoms with Crippen LogP contribution in [0.5, 0.6) is 0 Å². The lowest BCUT2D eigenvalue weighted by Gasteiger charge is -2.32. The van der Waals surface area contributed by atoms with Crippen LogP contribution in [0.1, 0.15) is 39.0 Å². The van der Waals surface area contributed by atoms with Gasteiger partial charge in [-0.1, -0.05) is 12.2 Å². The fourth-order valence-electron chi connectivity index (χ4n) is 2.86. The first-order valence-corrected chi connectivity index (χ1v) is 9.09. The van der Waals surface area contributed by atoms with E-state index in [1.807, 2.05) is 11.8 Å². The first-order valence-electron chi connectivity index (χ1n) is 7.03. The maximum Gasteiger partial charge on any atom is 0.226 e. The third-order valence-electron chi connectivity index (χ3n) is 3.83. The number of rotatable bonds is 5. The van der Waals surface area contributed by atoms with Gasteiger partial charge in [0.05, 0.1) is 5.75 Å². The highest BCUT2D eigenvalue weighted by molar-refractivity contribution is 7.90. The van der Waals surface area contributed by atoms with Gasteiger partial charge < -0.3 is 4.90 Å². The van der Waals surface area contributed by atoms with E-state index in [9.17, 15) is 13.2 Å². The number of hydrogen-bond donors (Lipinski definition) is 0. The van der Waals surface area contributed by atoms with Crippen molar-refractivity contribution in [2.24, 2.45) is 5.92 Å². The SMILES string of the molecule is C[C@H](CS(C)(=O)=O)N(C(=O)[C@H]1CC=CCC1)C1CC1. The van der Waals surface area contributed by atoms with Crippen LogP contribution in [-0.4, -0.2) is 43.3 Å². The summed E-state index contributed by atoms with van der Waals surface area (Å²) in [6.07, 6.45) is 10.1. The molecule has 0 spiro atoms. The van der Waals surface area contributed by atoms with Gasteiger partial charge in [0.1, 0.15) is 9.84 Å². The fourth-order valence-corrected chi connectivity index (χ4v) is 3.89. The third-order valence-corrected chi connectivity index (χ3v) is 4.92. The minimum atomic E-state index is -3.05. The Balaban J connectivity index is 2.06. The number of carbonyl (C=O) groups excluding carboxylic acids is 1. The second-order valence-electron chi connectivity index (χ2n) is 5.90. The third kappa shape index (κ3) is 4.06. The fraction of sp³-hybridized carbons (Fsp3) is 0.786. The molecule has 4 nitrogen and oxygen atoms in total. The molecule has 1 amide bonds. The largest absolute Gasteiger partial charge is 0.336 e. The number of sulfone groups is 1. The highest BCUT2D eigenvalue weighted by Gasteiger charge is 2.39. The molecular formula is C14H23NO3S. The Labute approximate surface area is 115 Å².